The fourth-order valence-electron chi connectivity index (χ4n) is 2.37. The molecule has 0 N–H and O–H groups in total. The number of pyridine rings is 1. The normalized spacial score (nSPS) is 9.68. The van der Waals surface area contributed by atoms with Crippen LogP contribution < -0.4 is 4.57 Å². The van der Waals surface area contributed by atoms with Crippen molar-refractivity contribution < 1.29 is 37.3 Å². The molecule has 0 saturated carbocycles. The zero-order valence-electron chi connectivity index (χ0n) is 12.1. The van der Waals surface area contributed by atoms with Crippen molar-refractivity contribution in [2.75, 3.05) is 0 Å². The van der Waals surface area contributed by atoms with E-state index in [0.717, 1.165) is 0 Å². The first-order valence-electron chi connectivity index (χ1n) is 6.46. The molecule has 1 aromatic heterocycles. The van der Waals surface area contributed by atoms with E-state index in [1.165, 1.54) is 27.4 Å². The molecule has 2 heteroatoms. The second-order valence-corrected chi connectivity index (χ2v) is 4.14. The molecule has 0 aliphatic heterocycles. The molecule has 2 aromatic carbocycles. The predicted octanol–water partition coefficient (Wildman–Crippen LogP) is 3.95. The number of nitrogens with zero attached hydrogens (tertiary/aromatic N) is 1. The van der Waals surface area contributed by atoms with Gasteiger partial charge in [0.1, 0.15) is 12.6 Å². The van der Waals surface area contributed by atoms with Crippen LogP contribution in [0.15, 0.2) is 42.5 Å². The maximum Gasteiger partial charge on any atom is 0.201 e. The third-order valence-electron chi connectivity index (χ3n) is 3.28. The summed E-state index contributed by atoms with van der Waals surface area (Å²) in [6.45, 7) is 6.19. The second-order valence-electron chi connectivity index (χ2n) is 4.14. The fraction of sp³-hybridized carbons (Fsp3) is 0.235. The third kappa shape index (κ3) is 2.88. The summed E-state index contributed by atoms with van der Waals surface area (Å²) in [5.41, 5.74) is 3.85. The van der Waals surface area contributed by atoms with E-state index in [1.54, 1.807) is 0 Å². The monoisotopic (exact) mass is 326 g/mol. The Morgan fingerprint density at radius 3 is 2.32 bits per heavy atom. The molecular weight excluding hydrogens is 307 g/mol. The molecule has 0 saturated heterocycles. The Balaban J connectivity index is 0.000000576. The first kappa shape index (κ1) is 16.3. The van der Waals surface area contributed by atoms with E-state index in [1.807, 2.05) is 19.9 Å². The Hall–Kier alpha value is -0.786. The van der Waals surface area contributed by atoms with E-state index < -0.39 is 0 Å². The van der Waals surface area contributed by atoms with Crippen LogP contribution in [0.5, 0.6) is 0 Å². The predicted molar refractivity (Wildman–Crippen MR) is 77.6 cm³/mol. The van der Waals surface area contributed by atoms with Gasteiger partial charge in [-0.15, -0.1) is 6.07 Å². The minimum absolute atomic E-state index is 0. The Bertz CT molecular complexity index is 572. The topological polar surface area (TPSA) is 3.88 Å². The van der Waals surface area contributed by atoms with Crippen LogP contribution in [0.3, 0.4) is 0 Å². The van der Waals surface area contributed by atoms with E-state index in [4.69, 9.17) is 0 Å². The van der Waals surface area contributed by atoms with E-state index in [0.29, 0.717) is 0 Å². The van der Waals surface area contributed by atoms with Crippen LogP contribution in [-0.4, -0.2) is 0 Å². The Kier molecular flexibility index (Phi) is 6.10. The molecule has 95 valence electrons. The van der Waals surface area contributed by atoms with Crippen LogP contribution in [0.2, 0.25) is 0 Å². The summed E-state index contributed by atoms with van der Waals surface area (Å²) in [7, 11) is 2.11. The van der Waals surface area contributed by atoms with Gasteiger partial charge in [0, 0.05) is 44.2 Å². The van der Waals surface area contributed by atoms with E-state index >= 15 is 0 Å². The van der Waals surface area contributed by atoms with Gasteiger partial charge in [-0.25, -0.2) is 4.57 Å². The molecule has 1 nitrogen and oxygen atoms in total. The van der Waals surface area contributed by atoms with Crippen molar-refractivity contribution in [2.45, 2.75) is 20.8 Å². The minimum Gasteiger partial charge on any atom is -0.248 e. The van der Waals surface area contributed by atoms with Crippen molar-refractivity contribution in [3.8, 4) is 0 Å². The van der Waals surface area contributed by atoms with Crippen molar-refractivity contribution in [1.29, 1.82) is 0 Å². The Labute approximate surface area is 140 Å². The average molecular weight is 326 g/mol. The van der Waals surface area contributed by atoms with E-state index in [-0.39, 0.29) is 32.7 Å². The molecule has 0 unspecified atom stereocenters. The maximum atomic E-state index is 3.15. The number of para-hydroxylation sites is 1. The van der Waals surface area contributed by atoms with Gasteiger partial charge in [-0.05, 0) is 18.6 Å². The number of benzene rings is 2. The third-order valence-corrected chi connectivity index (χ3v) is 3.28. The molecule has 0 aliphatic carbocycles. The molecular formula is C17H19NY. The van der Waals surface area contributed by atoms with Gasteiger partial charge < -0.3 is 0 Å². The van der Waals surface area contributed by atoms with Crippen LogP contribution in [0.4, 0.5) is 0 Å². The number of rotatable bonds is 0. The molecule has 3 rings (SSSR count). The number of aromatic nitrogens is 1. The summed E-state index contributed by atoms with van der Waals surface area (Å²) in [6, 6.07) is 17.8. The quantitative estimate of drug-likeness (QED) is 0.335. The van der Waals surface area contributed by atoms with Crippen LogP contribution >= 0.6 is 0 Å². The van der Waals surface area contributed by atoms with Gasteiger partial charge in [0.25, 0.3) is 0 Å². The number of hydrogen-bond donors (Lipinski definition) is 0. The van der Waals surface area contributed by atoms with Crippen LogP contribution in [-0.2, 0) is 39.8 Å². The van der Waals surface area contributed by atoms with Gasteiger partial charge in [-0.3, -0.25) is 0 Å². The summed E-state index contributed by atoms with van der Waals surface area (Å²) in [5, 5.41) is 2.63. The number of fused-ring (bicyclic) bond motifs is 2. The molecule has 0 atom stereocenters. The van der Waals surface area contributed by atoms with Crippen molar-refractivity contribution in [3.05, 3.63) is 54.1 Å². The van der Waals surface area contributed by atoms with Crippen LogP contribution in [0.25, 0.3) is 21.8 Å². The standard InChI is InChI=1S/C15H13N.C2H6.Y/c1-11-12-7-3-5-9-14(12)16(2)15-10-6-4-8-13(11)15;1-2;/h3-5,7-10H,1-2H3;1-2H3;. The number of aryl methyl sites for hydroxylation is 2. The van der Waals surface area contributed by atoms with E-state index in [9.17, 15) is 0 Å². The van der Waals surface area contributed by atoms with Crippen molar-refractivity contribution >= 4 is 21.8 Å². The van der Waals surface area contributed by atoms with Gasteiger partial charge in [-0.1, -0.05) is 31.4 Å². The molecule has 0 amide bonds. The minimum atomic E-state index is 0. The SMILES string of the molecule is CC.Cc1c2cc[c-]cc2[n+](C)c2ccccc12.[Y]. The second kappa shape index (κ2) is 7.12. The van der Waals surface area contributed by atoms with Crippen molar-refractivity contribution in [3.63, 3.8) is 0 Å². The molecule has 0 bridgehead atoms. The number of hydrogen-bond acceptors (Lipinski definition) is 0. The molecule has 19 heavy (non-hydrogen) atoms. The fourth-order valence-corrected chi connectivity index (χ4v) is 2.37. The first-order chi connectivity index (χ1) is 8.79. The summed E-state index contributed by atoms with van der Waals surface area (Å²) in [6.07, 6.45) is 0. The first-order valence-corrected chi connectivity index (χ1v) is 6.46. The summed E-state index contributed by atoms with van der Waals surface area (Å²) >= 11 is 0. The summed E-state index contributed by atoms with van der Waals surface area (Å²) < 4.78 is 2.23. The summed E-state index contributed by atoms with van der Waals surface area (Å²) in [4.78, 5) is 0. The van der Waals surface area contributed by atoms with Gasteiger partial charge in [0.15, 0.2) is 0 Å². The molecule has 1 heterocycles. The average Bonchev–Trinajstić information content (AvgIpc) is 2.47. The Morgan fingerprint density at radius 2 is 1.58 bits per heavy atom. The molecule has 1 radical (unpaired) electrons. The van der Waals surface area contributed by atoms with Gasteiger partial charge >= 0.3 is 0 Å². The molecule has 0 fully saturated rings. The van der Waals surface area contributed by atoms with Gasteiger partial charge in [0.2, 0.25) is 5.52 Å². The largest absolute Gasteiger partial charge is 0.248 e. The van der Waals surface area contributed by atoms with Crippen molar-refractivity contribution in [1.82, 2.24) is 0 Å². The van der Waals surface area contributed by atoms with Crippen LogP contribution in [0.1, 0.15) is 19.4 Å². The van der Waals surface area contributed by atoms with E-state index in [2.05, 4.69) is 61.0 Å². The van der Waals surface area contributed by atoms with Crippen molar-refractivity contribution in [2.24, 2.45) is 7.05 Å². The van der Waals surface area contributed by atoms with Gasteiger partial charge in [-0.2, -0.15) is 18.2 Å². The summed E-state index contributed by atoms with van der Waals surface area (Å²) in [5.74, 6) is 0. The molecule has 3 aromatic rings. The maximum absolute atomic E-state index is 3.15. The molecule has 0 spiro atoms. The molecule has 0 aliphatic rings. The van der Waals surface area contributed by atoms with Gasteiger partial charge in [0.05, 0.1) is 0 Å². The van der Waals surface area contributed by atoms with Crippen LogP contribution in [0, 0.1) is 13.0 Å². The smallest absolute Gasteiger partial charge is 0.201 e. The zero-order chi connectivity index (χ0) is 13.1. The zero-order valence-corrected chi connectivity index (χ0v) is 14.9. The Morgan fingerprint density at radius 1 is 0.947 bits per heavy atom.